The Balaban J connectivity index is 1.77. The van der Waals surface area contributed by atoms with Gasteiger partial charge in [0.05, 0.1) is 18.2 Å². The SMILES string of the molecule is Cc1cccc(NC(=NCC2CCCO2)NC(=O)c2ccc(C(F)(F)F)cc2)c1C. The minimum Gasteiger partial charge on any atom is -0.376 e. The molecule has 1 aliphatic rings. The number of aliphatic imine (C=N–C) groups is 1. The smallest absolute Gasteiger partial charge is 0.376 e. The molecule has 2 aromatic rings. The number of hydrogen-bond donors (Lipinski definition) is 2. The lowest BCUT2D eigenvalue weighted by atomic mass is 10.1. The lowest BCUT2D eigenvalue weighted by Crippen LogP contribution is -2.37. The summed E-state index contributed by atoms with van der Waals surface area (Å²) in [6, 6.07) is 9.80. The van der Waals surface area contributed by atoms with Crippen LogP contribution in [0.15, 0.2) is 47.5 Å². The maximum atomic E-state index is 12.8. The third-order valence-corrected chi connectivity index (χ3v) is 5.04. The first-order valence-corrected chi connectivity index (χ1v) is 9.72. The van der Waals surface area contributed by atoms with E-state index in [4.69, 9.17) is 4.74 Å². The molecule has 30 heavy (non-hydrogen) atoms. The number of anilines is 1. The van der Waals surface area contributed by atoms with Gasteiger partial charge in [-0.1, -0.05) is 12.1 Å². The Labute approximate surface area is 173 Å². The number of amides is 1. The number of nitrogens with one attached hydrogen (secondary N) is 2. The van der Waals surface area contributed by atoms with Crippen LogP contribution in [0.25, 0.3) is 0 Å². The summed E-state index contributed by atoms with van der Waals surface area (Å²) in [7, 11) is 0. The first kappa shape index (κ1) is 21.8. The van der Waals surface area contributed by atoms with Crippen LogP contribution in [0.3, 0.4) is 0 Å². The van der Waals surface area contributed by atoms with Crippen molar-refractivity contribution in [1.82, 2.24) is 5.32 Å². The summed E-state index contributed by atoms with van der Waals surface area (Å²) in [6.07, 6.45) is -2.60. The fourth-order valence-corrected chi connectivity index (χ4v) is 3.10. The van der Waals surface area contributed by atoms with Crippen molar-refractivity contribution in [2.24, 2.45) is 4.99 Å². The number of nitrogens with zero attached hydrogens (tertiary/aromatic N) is 1. The highest BCUT2D eigenvalue weighted by molar-refractivity contribution is 6.10. The Morgan fingerprint density at radius 3 is 2.53 bits per heavy atom. The van der Waals surface area contributed by atoms with E-state index in [-0.39, 0.29) is 17.6 Å². The fourth-order valence-electron chi connectivity index (χ4n) is 3.10. The summed E-state index contributed by atoms with van der Waals surface area (Å²) in [5, 5.41) is 5.80. The van der Waals surface area contributed by atoms with Crippen molar-refractivity contribution >= 4 is 17.6 Å². The van der Waals surface area contributed by atoms with Gasteiger partial charge in [-0.2, -0.15) is 13.2 Å². The van der Waals surface area contributed by atoms with Gasteiger partial charge in [-0.3, -0.25) is 10.1 Å². The lowest BCUT2D eigenvalue weighted by molar-refractivity contribution is -0.137. The lowest BCUT2D eigenvalue weighted by Gasteiger charge is -2.16. The summed E-state index contributed by atoms with van der Waals surface area (Å²) in [5.41, 5.74) is 2.17. The number of guanidine groups is 1. The van der Waals surface area contributed by atoms with Crippen molar-refractivity contribution < 1.29 is 22.7 Å². The molecule has 1 atom stereocenters. The standard InChI is InChI=1S/C22H24F3N3O2/c1-14-5-3-7-19(15(14)2)27-21(26-13-18-6-4-12-30-18)28-20(29)16-8-10-17(11-9-16)22(23,24)25/h3,5,7-11,18H,4,6,12-13H2,1-2H3,(H2,26,27,28,29). The van der Waals surface area contributed by atoms with Crippen molar-refractivity contribution in [2.45, 2.75) is 39.0 Å². The molecule has 2 aromatic carbocycles. The molecule has 5 nitrogen and oxygen atoms in total. The van der Waals surface area contributed by atoms with Crippen LogP contribution in [-0.2, 0) is 10.9 Å². The number of halogens is 3. The summed E-state index contributed by atoms with van der Waals surface area (Å²) < 4.78 is 43.8. The maximum Gasteiger partial charge on any atom is 0.416 e. The zero-order chi connectivity index (χ0) is 21.7. The Kier molecular flexibility index (Phi) is 6.77. The van der Waals surface area contributed by atoms with Crippen molar-refractivity contribution in [3.05, 3.63) is 64.7 Å². The molecule has 0 saturated carbocycles. The van der Waals surface area contributed by atoms with Gasteiger partial charge in [-0.05, 0) is 68.1 Å². The zero-order valence-electron chi connectivity index (χ0n) is 16.8. The predicted octanol–water partition coefficient (Wildman–Crippen LogP) is 4.70. The molecule has 0 radical (unpaired) electrons. The Hall–Kier alpha value is -2.87. The van der Waals surface area contributed by atoms with Crippen molar-refractivity contribution in [3.8, 4) is 0 Å². The van der Waals surface area contributed by atoms with Crippen LogP contribution in [0, 0.1) is 13.8 Å². The van der Waals surface area contributed by atoms with E-state index >= 15 is 0 Å². The van der Waals surface area contributed by atoms with Gasteiger partial charge in [-0.15, -0.1) is 0 Å². The number of aryl methyl sites for hydroxylation is 1. The Morgan fingerprint density at radius 2 is 1.90 bits per heavy atom. The average Bonchev–Trinajstić information content (AvgIpc) is 3.22. The first-order chi connectivity index (χ1) is 14.2. The van der Waals surface area contributed by atoms with E-state index in [0.29, 0.717) is 13.2 Å². The second kappa shape index (κ2) is 9.30. The van der Waals surface area contributed by atoms with E-state index in [0.717, 1.165) is 53.9 Å². The quantitative estimate of drug-likeness (QED) is 0.558. The summed E-state index contributed by atoms with van der Waals surface area (Å²) in [4.78, 5) is 17.1. The molecule has 1 aliphatic heterocycles. The molecule has 1 fully saturated rings. The zero-order valence-corrected chi connectivity index (χ0v) is 16.8. The van der Waals surface area contributed by atoms with Crippen LogP contribution >= 0.6 is 0 Å². The average molecular weight is 419 g/mol. The molecular weight excluding hydrogens is 395 g/mol. The van der Waals surface area contributed by atoms with E-state index < -0.39 is 17.6 Å². The summed E-state index contributed by atoms with van der Waals surface area (Å²) in [6.45, 7) is 5.00. The topological polar surface area (TPSA) is 62.7 Å². The molecular formula is C22H24F3N3O2. The van der Waals surface area contributed by atoms with Crippen LogP contribution in [-0.4, -0.2) is 31.1 Å². The van der Waals surface area contributed by atoms with Gasteiger partial charge in [0.1, 0.15) is 0 Å². The number of benzene rings is 2. The van der Waals surface area contributed by atoms with Gasteiger partial charge in [0.15, 0.2) is 0 Å². The third kappa shape index (κ3) is 5.60. The number of alkyl halides is 3. The van der Waals surface area contributed by atoms with E-state index in [9.17, 15) is 18.0 Å². The van der Waals surface area contributed by atoms with E-state index in [2.05, 4.69) is 15.6 Å². The predicted molar refractivity (Wildman–Crippen MR) is 110 cm³/mol. The highest BCUT2D eigenvalue weighted by Gasteiger charge is 2.30. The molecule has 160 valence electrons. The molecule has 1 heterocycles. The van der Waals surface area contributed by atoms with Crippen molar-refractivity contribution in [1.29, 1.82) is 0 Å². The number of hydrogen-bond acceptors (Lipinski definition) is 3. The molecule has 0 bridgehead atoms. The number of rotatable bonds is 4. The highest BCUT2D eigenvalue weighted by Crippen LogP contribution is 2.29. The van der Waals surface area contributed by atoms with Crippen molar-refractivity contribution in [3.63, 3.8) is 0 Å². The van der Waals surface area contributed by atoms with Gasteiger partial charge >= 0.3 is 6.18 Å². The van der Waals surface area contributed by atoms with Crippen LogP contribution in [0.2, 0.25) is 0 Å². The monoisotopic (exact) mass is 419 g/mol. The first-order valence-electron chi connectivity index (χ1n) is 9.72. The molecule has 3 rings (SSSR count). The number of ether oxygens (including phenoxy) is 1. The third-order valence-electron chi connectivity index (χ3n) is 5.04. The molecule has 0 spiro atoms. The number of carbonyl (C=O) groups excluding carboxylic acids is 1. The molecule has 1 unspecified atom stereocenters. The largest absolute Gasteiger partial charge is 0.416 e. The van der Waals surface area contributed by atoms with Gasteiger partial charge in [0, 0.05) is 17.9 Å². The van der Waals surface area contributed by atoms with Gasteiger partial charge < -0.3 is 10.1 Å². The summed E-state index contributed by atoms with van der Waals surface area (Å²) in [5.74, 6) is -0.322. The minimum absolute atomic E-state index is 0.0108. The maximum absolute atomic E-state index is 12.8. The van der Waals surface area contributed by atoms with E-state index in [1.165, 1.54) is 0 Å². The molecule has 2 N–H and O–H groups in total. The molecule has 8 heteroatoms. The minimum atomic E-state index is -4.45. The van der Waals surface area contributed by atoms with Crippen molar-refractivity contribution in [2.75, 3.05) is 18.5 Å². The van der Waals surface area contributed by atoms with Gasteiger partial charge in [-0.25, -0.2) is 4.99 Å². The normalized spacial score (nSPS) is 17.1. The fraction of sp³-hybridized carbons (Fsp3) is 0.364. The Bertz CT molecular complexity index is 918. The second-order valence-corrected chi connectivity index (χ2v) is 7.23. The molecule has 1 saturated heterocycles. The molecule has 1 amide bonds. The van der Waals surface area contributed by atoms with Crippen LogP contribution in [0.4, 0.5) is 18.9 Å². The van der Waals surface area contributed by atoms with Gasteiger partial charge in [0.2, 0.25) is 5.96 Å². The molecule has 0 aromatic heterocycles. The van der Waals surface area contributed by atoms with Crippen LogP contribution in [0.1, 0.15) is 39.9 Å². The van der Waals surface area contributed by atoms with E-state index in [1.807, 2.05) is 32.0 Å². The van der Waals surface area contributed by atoms with Crippen LogP contribution < -0.4 is 10.6 Å². The number of carbonyl (C=O) groups is 1. The Morgan fingerprint density at radius 1 is 1.17 bits per heavy atom. The highest BCUT2D eigenvalue weighted by atomic mass is 19.4. The summed E-state index contributed by atoms with van der Waals surface area (Å²) >= 11 is 0. The van der Waals surface area contributed by atoms with E-state index in [1.54, 1.807) is 0 Å². The van der Waals surface area contributed by atoms with Gasteiger partial charge in [0.25, 0.3) is 5.91 Å². The molecule has 0 aliphatic carbocycles. The second-order valence-electron chi connectivity index (χ2n) is 7.23. The van der Waals surface area contributed by atoms with Crippen LogP contribution in [0.5, 0.6) is 0 Å².